The molecular weight excluding hydrogens is 623 g/mol. The molecule has 1 aliphatic heterocycles. The fourth-order valence-electron chi connectivity index (χ4n) is 3.63. The number of nitrogens with one attached hydrogen (secondary N) is 1. The van der Waals surface area contributed by atoms with Gasteiger partial charge in [0.1, 0.15) is 24.4 Å². The maximum absolute atomic E-state index is 12.4. The standard InChI is InChI=1S/C16H26N7O15P3/c17-8(3-9-5-22(7-20-9)16(26)27)4-19-12-13(24)10(36-14(12)23-2-1-11(18)21-15(23)25)6-35-40(31,32)38-41(33,34)37-39(28,29)30/h1-2,5,7-8,10,12-14,19,24H,3-4,6,17H2,(H,26,27)(H,31,32)(H,33,34)(H2,18,21,25)(H2,28,29,30)/t8-,10+,12+,13+,14+/m0/s1. The summed E-state index contributed by atoms with van der Waals surface area (Å²) in [6.45, 7) is -1.06. The van der Waals surface area contributed by atoms with E-state index in [0.717, 1.165) is 15.5 Å². The molecule has 2 aromatic heterocycles. The minimum absolute atomic E-state index is 0.0543. The summed E-state index contributed by atoms with van der Waals surface area (Å²) < 4.78 is 53.6. The topological polar surface area (TPSA) is 343 Å². The van der Waals surface area contributed by atoms with Gasteiger partial charge in [0.05, 0.1) is 18.3 Å². The fraction of sp³-hybridized carbons (Fsp3) is 0.500. The van der Waals surface area contributed by atoms with Gasteiger partial charge in [-0.05, 0) is 6.07 Å². The van der Waals surface area contributed by atoms with Crippen molar-refractivity contribution >= 4 is 35.4 Å². The molecule has 2 unspecified atom stereocenters. The lowest BCUT2D eigenvalue weighted by molar-refractivity contribution is -0.0460. The van der Waals surface area contributed by atoms with Gasteiger partial charge in [-0.3, -0.25) is 9.09 Å². The van der Waals surface area contributed by atoms with Crippen molar-refractivity contribution in [2.75, 3.05) is 18.9 Å². The van der Waals surface area contributed by atoms with E-state index in [1.807, 2.05) is 0 Å². The molecule has 7 atom stereocenters. The first-order valence-corrected chi connectivity index (χ1v) is 15.6. The number of nitrogen functional groups attached to an aromatic ring is 1. The molecule has 2 aromatic rings. The summed E-state index contributed by atoms with van der Waals surface area (Å²) in [5, 5.41) is 22.8. The van der Waals surface area contributed by atoms with Crippen molar-refractivity contribution in [2.24, 2.45) is 5.73 Å². The summed E-state index contributed by atoms with van der Waals surface area (Å²) in [7, 11) is -16.9. The van der Waals surface area contributed by atoms with Crippen molar-refractivity contribution in [3.05, 3.63) is 41.0 Å². The fourth-order valence-corrected chi connectivity index (χ4v) is 6.66. The van der Waals surface area contributed by atoms with E-state index in [9.17, 15) is 38.2 Å². The van der Waals surface area contributed by atoms with Gasteiger partial charge >= 0.3 is 35.3 Å². The van der Waals surface area contributed by atoms with E-state index in [0.29, 0.717) is 5.69 Å². The molecule has 0 aromatic carbocycles. The van der Waals surface area contributed by atoms with Gasteiger partial charge in [-0.2, -0.15) is 13.6 Å². The molecule has 230 valence electrons. The lowest BCUT2D eigenvalue weighted by atomic mass is 10.1. The maximum atomic E-state index is 12.4. The Hall–Kier alpha value is -2.39. The van der Waals surface area contributed by atoms with E-state index in [1.165, 1.54) is 18.5 Å². The normalized spacial score (nSPS) is 24.9. The summed E-state index contributed by atoms with van der Waals surface area (Å²) in [5.74, 6) is -0.124. The van der Waals surface area contributed by atoms with Crippen LogP contribution < -0.4 is 22.5 Å². The molecule has 0 bridgehead atoms. The molecule has 41 heavy (non-hydrogen) atoms. The first-order chi connectivity index (χ1) is 18.9. The van der Waals surface area contributed by atoms with Gasteiger partial charge in [-0.15, -0.1) is 0 Å². The Bertz CT molecular complexity index is 1450. The van der Waals surface area contributed by atoms with Gasteiger partial charge < -0.3 is 51.3 Å². The zero-order chi connectivity index (χ0) is 30.8. The Morgan fingerprint density at radius 3 is 2.46 bits per heavy atom. The van der Waals surface area contributed by atoms with Crippen molar-refractivity contribution in [2.45, 2.75) is 36.9 Å². The number of anilines is 1. The van der Waals surface area contributed by atoms with Gasteiger partial charge in [0.25, 0.3) is 0 Å². The molecule has 1 aliphatic rings. The molecule has 0 amide bonds. The van der Waals surface area contributed by atoms with E-state index in [-0.39, 0.29) is 18.8 Å². The Morgan fingerprint density at radius 1 is 1.20 bits per heavy atom. The lowest BCUT2D eigenvalue weighted by Gasteiger charge is -2.24. The number of aliphatic hydroxyl groups is 1. The van der Waals surface area contributed by atoms with E-state index in [1.54, 1.807) is 0 Å². The van der Waals surface area contributed by atoms with Crippen LogP contribution in [0.5, 0.6) is 0 Å². The number of hydrogen-bond acceptors (Lipinski definition) is 15. The summed E-state index contributed by atoms with van der Waals surface area (Å²) in [4.78, 5) is 67.2. The third-order valence-corrected chi connectivity index (χ3v) is 9.06. The van der Waals surface area contributed by atoms with E-state index < -0.39 is 72.4 Å². The van der Waals surface area contributed by atoms with Crippen LogP contribution >= 0.6 is 23.5 Å². The zero-order valence-electron chi connectivity index (χ0n) is 20.5. The third-order valence-electron chi connectivity index (χ3n) is 5.26. The average Bonchev–Trinajstić information content (AvgIpc) is 3.38. The van der Waals surface area contributed by atoms with Gasteiger partial charge in [0.15, 0.2) is 6.23 Å². The highest BCUT2D eigenvalue weighted by atomic mass is 31.3. The van der Waals surface area contributed by atoms with Crippen LogP contribution in [0.1, 0.15) is 11.9 Å². The number of carboxylic acid groups (broad SMARTS) is 1. The third kappa shape index (κ3) is 9.57. The van der Waals surface area contributed by atoms with Crippen LogP contribution in [0.2, 0.25) is 0 Å². The SMILES string of the molecule is Nc1ccn([C@@H]2O[C@H](COP(=O)(O)OP(=O)(O)OP(=O)(O)O)[C@@H](O)[C@H]2NC[C@@H](N)Cc2cn(C(=O)O)cn2)c(=O)n1. The number of imidazole rings is 1. The number of aliphatic hydroxyl groups excluding tert-OH is 1. The Labute approximate surface area is 228 Å². The number of ether oxygens (including phenoxy) is 1. The van der Waals surface area contributed by atoms with Gasteiger partial charge in [0, 0.05) is 31.4 Å². The molecular formula is C16H26N7O15P3. The number of nitrogens with zero attached hydrogens (tertiary/aromatic N) is 4. The molecule has 0 radical (unpaired) electrons. The van der Waals surface area contributed by atoms with Crippen LogP contribution in [0, 0.1) is 0 Å². The number of carbonyl (C=O) groups is 1. The van der Waals surface area contributed by atoms with Crippen LogP contribution in [0.3, 0.4) is 0 Å². The summed E-state index contributed by atoms with van der Waals surface area (Å²) in [6, 6.07) is -0.608. The summed E-state index contributed by atoms with van der Waals surface area (Å²) in [6.07, 6.45) is -2.08. The number of hydrogen-bond donors (Lipinski definition) is 9. The number of phosphoric acid groups is 3. The van der Waals surface area contributed by atoms with Gasteiger partial charge in [0.2, 0.25) is 0 Å². The van der Waals surface area contributed by atoms with E-state index >= 15 is 0 Å². The highest BCUT2D eigenvalue weighted by Crippen LogP contribution is 2.66. The maximum Gasteiger partial charge on any atom is 0.490 e. The van der Waals surface area contributed by atoms with Crippen LogP contribution in [-0.4, -0.2) is 92.4 Å². The molecule has 22 nitrogen and oxygen atoms in total. The van der Waals surface area contributed by atoms with Crippen molar-refractivity contribution in [3.8, 4) is 0 Å². The predicted octanol–water partition coefficient (Wildman–Crippen LogP) is -2.32. The van der Waals surface area contributed by atoms with Crippen molar-refractivity contribution in [1.29, 1.82) is 0 Å². The van der Waals surface area contributed by atoms with Crippen molar-refractivity contribution < 1.29 is 66.2 Å². The lowest BCUT2D eigenvalue weighted by Crippen LogP contribution is -2.49. The second-order valence-corrected chi connectivity index (χ2v) is 12.9. The second-order valence-electron chi connectivity index (χ2n) is 8.44. The molecule has 1 fully saturated rings. The molecule has 3 heterocycles. The van der Waals surface area contributed by atoms with Gasteiger partial charge in [-0.25, -0.2) is 32.8 Å². The smallest absolute Gasteiger partial charge is 0.464 e. The first-order valence-electron chi connectivity index (χ1n) is 11.1. The van der Waals surface area contributed by atoms with Crippen molar-refractivity contribution in [1.82, 2.24) is 24.4 Å². The Morgan fingerprint density at radius 2 is 1.88 bits per heavy atom. The predicted molar refractivity (Wildman–Crippen MR) is 132 cm³/mol. The molecule has 3 rings (SSSR count). The molecule has 0 aliphatic carbocycles. The molecule has 1 saturated heterocycles. The number of phosphoric ester groups is 1. The van der Waals surface area contributed by atoms with Crippen LogP contribution in [0.4, 0.5) is 10.6 Å². The summed E-state index contributed by atoms with van der Waals surface area (Å²) in [5.41, 5.74) is 11.0. The molecule has 25 heteroatoms. The Kier molecular flexibility index (Phi) is 10.4. The number of aromatic nitrogens is 4. The average molecular weight is 649 g/mol. The summed E-state index contributed by atoms with van der Waals surface area (Å²) >= 11 is 0. The second kappa shape index (κ2) is 12.9. The minimum Gasteiger partial charge on any atom is -0.464 e. The number of nitrogens with two attached hydrogens (primary N) is 2. The monoisotopic (exact) mass is 649 g/mol. The molecule has 0 saturated carbocycles. The first kappa shape index (κ1) is 33.1. The molecule has 11 N–H and O–H groups in total. The van der Waals surface area contributed by atoms with Crippen LogP contribution in [-0.2, 0) is 38.0 Å². The molecule has 0 spiro atoms. The highest BCUT2D eigenvalue weighted by Gasteiger charge is 2.47. The quantitative estimate of drug-likeness (QED) is 0.103. The highest BCUT2D eigenvalue weighted by molar-refractivity contribution is 7.66. The Balaban J connectivity index is 1.72. The van der Waals surface area contributed by atoms with Gasteiger partial charge in [-0.1, -0.05) is 0 Å². The van der Waals surface area contributed by atoms with Crippen LogP contribution in [0.25, 0.3) is 0 Å². The number of rotatable bonds is 13. The van der Waals surface area contributed by atoms with Crippen LogP contribution in [0.15, 0.2) is 29.6 Å². The zero-order valence-corrected chi connectivity index (χ0v) is 23.1. The largest absolute Gasteiger partial charge is 0.490 e. The van der Waals surface area contributed by atoms with E-state index in [4.69, 9.17) is 31.1 Å². The minimum atomic E-state index is -5.79. The van der Waals surface area contributed by atoms with Crippen molar-refractivity contribution in [3.63, 3.8) is 0 Å². The van der Waals surface area contributed by atoms with E-state index in [2.05, 4.69) is 28.4 Å².